The normalized spacial score (nSPS) is 15.6. The van der Waals surface area contributed by atoms with Crippen molar-refractivity contribution in [1.29, 1.82) is 0 Å². The van der Waals surface area contributed by atoms with Crippen molar-refractivity contribution in [2.75, 3.05) is 24.5 Å². The predicted molar refractivity (Wildman–Crippen MR) is 102 cm³/mol. The summed E-state index contributed by atoms with van der Waals surface area (Å²) in [5.41, 5.74) is -0.876. The predicted octanol–water partition coefficient (Wildman–Crippen LogP) is 2.94. The molecule has 0 aromatic carbocycles. The summed E-state index contributed by atoms with van der Waals surface area (Å²) in [6.45, 7) is 4.25. The topological polar surface area (TPSA) is 75.9 Å². The Bertz CT molecular complexity index is 848. The van der Waals surface area contributed by atoms with Crippen LogP contribution in [0.4, 0.5) is 19.0 Å². The van der Waals surface area contributed by atoms with Crippen LogP contribution in [-0.2, 0) is 23.9 Å². The maximum atomic E-state index is 12.8. The zero-order valence-electron chi connectivity index (χ0n) is 15.9. The Balaban J connectivity index is 1.49. The van der Waals surface area contributed by atoms with Crippen LogP contribution in [-0.4, -0.2) is 45.3 Å². The molecule has 1 fully saturated rings. The van der Waals surface area contributed by atoms with Gasteiger partial charge in [-0.3, -0.25) is 4.79 Å². The van der Waals surface area contributed by atoms with Crippen LogP contribution >= 0.6 is 11.6 Å². The van der Waals surface area contributed by atoms with E-state index in [0.717, 1.165) is 24.6 Å². The lowest BCUT2D eigenvalue weighted by Gasteiger charge is -2.32. The Morgan fingerprint density at radius 3 is 2.69 bits per heavy atom. The minimum absolute atomic E-state index is 0.0290. The van der Waals surface area contributed by atoms with Crippen molar-refractivity contribution in [2.24, 2.45) is 5.92 Å². The molecule has 1 saturated heterocycles. The SMILES string of the molecule is CCn1cnnc1CCNC(=O)C1CCN(c2ncc(C(F)(F)F)cc2Cl)CC1. The number of nitrogens with one attached hydrogen (secondary N) is 1. The van der Waals surface area contributed by atoms with Gasteiger partial charge in [0.1, 0.15) is 18.0 Å². The van der Waals surface area contributed by atoms with Crippen LogP contribution in [0.25, 0.3) is 0 Å². The minimum atomic E-state index is -4.48. The van der Waals surface area contributed by atoms with Gasteiger partial charge in [0, 0.05) is 44.7 Å². The molecule has 2 aromatic rings. The van der Waals surface area contributed by atoms with Crippen LogP contribution in [0.1, 0.15) is 31.2 Å². The van der Waals surface area contributed by atoms with Crippen molar-refractivity contribution >= 4 is 23.3 Å². The van der Waals surface area contributed by atoms with E-state index in [2.05, 4.69) is 20.5 Å². The summed E-state index contributed by atoms with van der Waals surface area (Å²) in [5, 5.41) is 10.8. The summed E-state index contributed by atoms with van der Waals surface area (Å²) in [7, 11) is 0. The Labute approximate surface area is 171 Å². The maximum Gasteiger partial charge on any atom is 0.417 e. The lowest BCUT2D eigenvalue weighted by Crippen LogP contribution is -2.41. The van der Waals surface area contributed by atoms with Crippen molar-refractivity contribution in [3.63, 3.8) is 0 Å². The summed E-state index contributed by atoms with van der Waals surface area (Å²) in [6, 6.07) is 0.887. The highest BCUT2D eigenvalue weighted by Gasteiger charge is 2.33. The fraction of sp³-hybridized carbons (Fsp3) is 0.556. The minimum Gasteiger partial charge on any atom is -0.355 e. The van der Waals surface area contributed by atoms with Gasteiger partial charge < -0.3 is 14.8 Å². The molecular formula is C18H22ClF3N6O. The fourth-order valence-electron chi connectivity index (χ4n) is 3.35. The quantitative estimate of drug-likeness (QED) is 0.762. The monoisotopic (exact) mass is 430 g/mol. The summed E-state index contributed by atoms with van der Waals surface area (Å²) in [5.74, 6) is 0.963. The van der Waals surface area contributed by atoms with Crippen molar-refractivity contribution in [2.45, 2.75) is 38.9 Å². The molecule has 29 heavy (non-hydrogen) atoms. The number of pyridine rings is 1. The van der Waals surface area contributed by atoms with Gasteiger partial charge in [0.05, 0.1) is 10.6 Å². The Morgan fingerprint density at radius 1 is 1.34 bits per heavy atom. The number of hydrogen-bond donors (Lipinski definition) is 1. The lowest BCUT2D eigenvalue weighted by atomic mass is 9.96. The highest BCUT2D eigenvalue weighted by atomic mass is 35.5. The third-order valence-corrected chi connectivity index (χ3v) is 5.28. The van der Waals surface area contributed by atoms with E-state index in [1.54, 1.807) is 6.33 Å². The van der Waals surface area contributed by atoms with E-state index in [4.69, 9.17) is 11.6 Å². The van der Waals surface area contributed by atoms with Gasteiger partial charge in [-0.25, -0.2) is 4.98 Å². The van der Waals surface area contributed by atoms with Gasteiger partial charge >= 0.3 is 6.18 Å². The Morgan fingerprint density at radius 2 is 2.07 bits per heavy atom. The van der Waals surface area contributed by atoms with Crippen molar-refractivity contribution in [3.05, 3.63) is 35.0 Å². The van der Waals surface area contributed by atoms with Gasteiger partial charge in [-0.15, -0.1) is 10.2 Å². The van der Waals surface area contributed by atoms with Crippen LogP contribution in [0.5, 0.6) is 0 Å². The molecule has 1 aliphatic rings. The van der Waals surface area contributed by atoms with Gasteiger partial charge in [-0.05, 0) is 25.8 Å². The first-order valence-corrected chi connectivity index (χ1v) is 9.79. The van der Waals surface area contributed by atoms with Gasteiger partial charge in [0.2, 0.25) is 5.91 Å². The van der Waals surface area contributed by atoms with Crippen molar-refractivity contribution in [1.82, 2.24) is 25.1 Å². The number of anilines is 1. The Hall–Kier alpha value is -2.36. The number of alkyl halides is 3. The molecule has 0 spiro atoms. The number of aromatic nitrogens is 4. The van der Waals surface area contributed by atoms with E-state index in [1.807, 2.05) is 16.4 Å². The summed E-state index contributed by atoms with van der Waals surface area (Å²) in [4.78, 5) is 18.1. The summed E-state index contributed by atoms with van der Waals surface area (Å²) in [6.07, 6.45) is -0.275. The van der Waals surface area contributed by atoms with Gasteiger partial charge in [-0.2, -0.15) is 13.2 Å². The number of halogens is 4. The summed E-state index contributed by atoms with van der Waals surface area (Å²) < 4.78 is 40.2. The third kappa shape index (κ3) is 5.17. The number of aryl methyl sites for hydroxylation is 1. The van der Waals surface area contributed by atoms with Crippen LogP contribution in [0.15, 0.2) is 18.6 Å². The van der Waals surface area contributed by atoms with E-state index >= 15 is 0 Å². The van der Waals surface area contributed by atoms with Crippen LogP contribution in [0.2, 0.25) is 5.02 Å². The third-order valence-electron chi connectivity index (χ3n) is 5.00. The first-order chi connectivity index (χ1) is 13.8. The first-order valence-electron chi connectivity index (χ1n) is 9.41. The second kappa shape index (κ2) is 8.98. The number of hydrogen-bond acceptors (Lipinski definition) is 5. The van der Waals surface area contributed by atoms with Gasteiger partial charge in [0.15, 0.2) is 0 Å². The first kappa shape index (κ1) is 21.4. The molecule has 11 heteroatoms. The molecule has 2 aromatic heterocycles. The molecule has 3 heterocycles. The molecule has 1 aliphatic heterocycles. The zero-order valence-corrected chi connectivity index (χ0v) is 16.7. The molecular weight excluding hydrogens is 409 g/mol. The van der Waals surface area contributed by atoms with Crippen LogP contribution < -0.4 is 10.2 Å². The molecule has 1 N–H and O–H groups in total. The van der Waals surface area contributed by atoms with Gasteiger partial charge in [-0.1, -0.05) is 11.6 Å². The summed E-state index contributed by atoms with van der Waals surface area (Å²) >= 11 is 6.01. The molecule has 158 valence electrons. The largest absolute Gasteiger partial charge is 0.417 e. The highest BCUT2D eigenvalue weighted by molar-refractivity contribution is 6.33. The second-order valence-electron chi connectivity index (χ2n) is 6.86. The van der Waals surface area contributed by atoms with Crippen molar-refractivity contribution in [3.8, 4) is 0 Å². The number of carbonyl (C=O) groups is 1. The fourth-order valence-corrected chi connectivity index (χ4v) is 3.64. The molecule has 0 aliphatic carbocycles. The van der Waals surface area contributed by atoms with E-state index in [-0.39, 0.29) is 16.8 Å². The van der Waals surface area contributed by atoms with E-state index in [1.165, 1.54) is 0 Å². The van der Waals surface area contributed by atoms with E-state index < -0.39 is 11.7 Å². The molecule has 0 bridgehead atoms. The molecule has 1 amide bonds. The molecule has 3 rings (SSSR count). The van der Waals surface area contributed by atoms with E-state index in [9.17, 15) is 18.0 Å². The van der Waals surface area contributed by atoms with Gasteiger partial charge in [0.25, 0.3) is 0 Å². The number of rotatable bonds is 6. The Kier molecular flexibility index (Phi) is 6.61. The average molecular weight is 431 g/mol. The van der Waals surface area contributed by atoms with Crippen LogP contribution in [0.3, 0.4) is 0 Å². The number of amides is 1. The smallest absolute Gasteiger partial charge is 0.355 e. The van der Waals surface area contributed by atoms with E-state index in [0.29, 0.717) is 44.7 Å². The standard InChI is InChI=1S/C18H22ClF3N6O/c1-2-27-11-25-26-15(27)3-6-23-17(29)12-4-7-28(8-5-12)16-14(19)9-13(10-24-16)18(20,21)22/h9-12H,2-8H2,1H3,(H,23,29). The highest BCUT2D eigenvalue weighted by Crippen LogP contribution is 2.34. The van der Waals surface area contributed by atoms with Crippen molar-refractivity contribution < 1.29 is 18.0 Å². The number of piperidine rings is 1. The molecule has 0 saturated carbocycles. The molecule has 0 unspecified atom stereocenters. The zero-order chi connectivity index (χ0) is 21.0. The average Bonchev–Trinajstić information content (AvgIpc) is 3.15. The number of nitrogens with zero attached hydrogens (tertiary/aromatic N) is 5. The lowest BCUT2D eigenvalue weighted by molar-refractivity contribution is -0.137. The maximum absolute atomic E-state index is 12.8. The molecule has 0 atom stereocenters. The molecule has 0 radical (unpaired) electrons. The van der Waals surface area contributed by atoms with Crippen LogP contribution in [0, 0.1) is 5.92 Å². The number of carbonyl (C=O) groups excluding carboxylic acids is 1. The molecule has 7 nitrogen and oxygen atoms in total. The second-order valence-corrected chi connectivity index (χ2v) is 7.27.